The molecule has 0 heteroatoms. The van der Waals surface area contributed by atoms with Crippen LogP contribution in [0.15, 0.2) is 103 Å². The molecule has 24 heavy (non-hydrogen) atoms. The summed E-state index contributed by atoms with van der Waals surface area (Å²) in [4.78, 5) is 0. The molecule has 0 heterocycles. The maximum absolute atomic E-state index is 3.18. The minimum Gasteiger partial charge on any atom is -0.0622 e. The van der Waals surface area contributed by atoms with Gasteiger partial charge in [0.1, 0.15) is 0 Å². The number of benzene rings is 4. The van der Waals surface area contributed by atoms with E-state index in [0.717, 1.165) is 0 Å². The van der Waals surface area contributed by atoms with Crippen molar-refractivity contribution in [2.75, 3.05) is 0 Å². The molecule has 0 atom stereocenters. The predicted molar refractivity (Wildman–Crippen MR) is 102 cm³/mol. The first-order valence-electron chi connectivity index (χ1n) is 8.12. The average Bonchev–Trinajstić information content (AvgIpc) is 2.70. The molecule has 0 unspecified atom stereocenters. The summed E-state index contributed by atoms with van der Waals surface area (Å²) in [5.74, 6) is 0. The van der Waals surface area contributed by atoms with Gasteiger partial charge in [-0.3, -0.25) is 0 Å². The Kier molecular flexibility index (Phi) is 3.95. The molecule has 0 spiro atoms. The second-order valence-electron chi connectivity index (χ2n) is 5.82. The van der Waals surface area contributed by atoms with Crippen LogP contribution in [0.1, 0.15) is 0 Å². The van der Waals surface area contributed by atoms with Gasteiger partial charge in [0.25, 0.3) is 0 Å². The Morgan fingerprint density at radius 1 is 0.417 bits per heavy atom. The summed E-state index contributed by atoms with van der Waals surface area (Å²) in [5, 5.41) is 0. The molecular weight excluding hydrogens is 288 g/mol. The molecule has 0 N–H and O–H groups in total. The molecule has 0 saturated heterocycles. The predicted octanol–water partition coefficient (Wildman–Crippen LogP) is 6.49. The Labute approximate surface area is 143 Å². The van der Waals surface area contributed by atoms with E-state index in [-0.39, 0.29) is 0 Å². The Bertz CT molecular complexity index is 784. The zero-order chi connectivity index (χ0) is 16.2. The molecule has 0 amide bonds. The van der Waals surface area contributed by atoms with E-state index in [1.807, 2.05) is 18.2 Å². The van der Waals surface area contributed by atoms with Gasteiger partial charge < -0.3 is 0 Å². The normalized spacial score (nSPS) is 10.5. The van der Waals surface area contributed by atoms with Gasteiger partial charge >= 0.3 is 0 Å². The van der Waals surface area contributed by atoms with Gasteiger partial charge in [0.05, 0.1) is 0 Å². The maximum Gasteiger partial charge on any atom is -0.0171 e. The first-order valence-corrected chi connectivity index (χ1v) is 8.12. The average molecular weight is 305 g/mol. The lowest BCUT2D eigenvalue weighted by atomic mass is 9.93. The zero-order valence-electron chi connectivity index (χ0n) is 13.3. The molecule has 113 valence electrons. The molecule has 0 aliphatic heterocycles. The molecule has 0 bridgehead atoms. The highest BCUT2D eigenvalue weighted by atomic mass is 14.1. The minimum absolute atomic E-state index is 1.19. The first kappa shape index (κ1) is 14.5. The van der Waals surface area contributed by atoms with Gasteiger partial charge in [0, 0.05) is 0 Å². The van der Waals surface area contributed by atoms with Crippen LogP contribution in [0, 0.1) is 6.07 Å². The SMILES string of the molecule is [c]1cccc(-c2cc(-c3ccccc3)cc(-c3ccccc3)c2)c1. The molecule has 0 aliphatic carbocycles. The highest BCUT2D eigenvalue weighted by Crippen LogP contribution is 2.32. The van der Waals surface area contributed by atoms with E-state index in [9.17, 15) is 0 Å². The lowest BCUT2D eigenvalue weighted by molar-refractivity contribution is 1.56. The minimum atomic E-state index is 1.19. The summed E-state index contributed by atoms with van der Waals surface area (Å²) in [7, 11) is 0. The molecular formula is C24H17. The van der Waals surface area contributed by atoms with E-state index in [0.29, 0.717) is 0 Å². The summed E-state index contributed by atoms with van der Waals surface area (Å²) in [5.41, 5.74) is 7.33. The second kappa shape index (κ2) is 6.55. The van der Waals surface area contributed by atoms with Crippen LogP contribution in [0.4, 0.5) is 0 Å². The fourth-order valence-corrected chi connectivity index (χ4v) is 2.96. The van der Waals surface area contributed by atoms with Crippen molar-refractivity contribution in [3.05, 3.63) is 109 Å². The lowest BCUT2D eigenvalue weighted by Crippen LogP contribution is -1.85. The van der Waals surface area contributed by atoms with Crippen LogP contribution in [0.3, 0.4) is 0 Å². The summed E-state index contributed by atoms with van der Waals surface area (Å²) >= 11 is 0. The molecule has 4 aromatic carbocycles. The zero-order valence-corrected chi connectivity index (χ0v) is 13.3. The van der Waals surface area contributed by atoms with Gasteiger partial charge in [-0.2, -0.15) is 0 Å². The van der Waals surface area contributed by atoms with Crippen molar-refractivity contribution >= 4 is 0 Å². The Hall–Kier alpha value is -3.12. The van der Waals surface area contributed by atoms with E-state index < -0.39 is 0 Å². The van der Waals surface area contributed by atoms with Crippen molar-refractivity contribution in [3.63, 3.8) is 0 Å². The smallest absolute Gasteiger partial charge is 0.0171 e. The summed E-state index contributed by atoms with van der Waals surface area (Å²) in [6.07, 6.45) is 0. The van der Waals surface area contributed by atoms with E-state index in [2.05, 4.69) is 91.0 Å². The fraction of sp³-hybridized carbons (Fsp3) is 0. The quantitative estimate of drug-likeness (QED) is 0.406. The van der Waals surface area contributed by atoms with Gasteiger partial charge in [-0.25, -0.2) is 0 Å². The third kappa shape index (κ3) is 3.00. The van der Waals surface area contributed by atoms with E-state index in [1.54, 1.807) is 0 Å². The van der Waals surface area contributed by atoms with Crippen LogP contribution < -0.4 is 0 Å². The molecule has 4 aromatic rings. The van der Waals surface area contributed by atoms with E-state index in [1.165, 1.54) is 33.4 Å². The van der Waals surface area contributed by atoms with Crippen LogP contribution in [-0.2, 0) is 0 Å². The topological polar surface area (TPSA) is 0 Å². The Balaban J connectivity index is 1.92. The third-order valence-corrected chi connectivity index (χ3v) is 4.19. The van der Waals surface area contributed by atoms with Crippen LogP contribution in [0.2, 0.25) is 0 Å². The van der Waals surface area contributed by atoms with E-state index >= 15 is 0 Å². The van der Waals surface area contributed by atoms with Crippen LogP contribution >= 0.6 is 0 Å². The van der Waals surface area contributed by atoms with E-state index in [4.69, 9.17) is 0 Å². The first-order chi connectivity index (χ1) is 11.9. The molecule has 0 aliphatic rings. The van der Waals surface area contributed by atoms with Crippen molar-refractivity contribution < 1.29 is 0 Å². The van der Waals surface area contributed by atoms with Crippen molar-refractivity contribution in [2.45, 2.75) is 0 Å². The summed E-state index contributed by atoms with van der Waals surface area (Å²) < 4.78 is 0. The summed E-state index contributed by atoms with van der Waals surface area (Å²) in [6, 6.07) is 39.2. The highest BCUT2D eigenvalue weighted by Gasteiger charge is 2.06. The summed E-state index contributed by atoms with van der Waals surface area (Å²) in [6.45, 7) is 0. The Morgan fingerprint density at radius 3 is 1.33 bits per heavy atom. The Morgan fingerprint density at radius 2 is 0.875 bits per heavy atom. The standard InChI is InChI=1S/C24H17/c1-4-10-19(11-5-1)22-16-23(20-12-6-2-7-13-20)18-24(17-22)21-14-8-3-9-15-21/h1-8,10-18H. The number of rotatable bonds is 3. The van der Waals surface area contributed by atoms with Crippen molar-refractivity contribution in [3.8, 4) is 33.4 Å². The van der Waals surface area contributed by atoms with Crippen molar-refractivity contribution in [1.29, 1.82) is 0 Å². The molecule has 0 nitrogen and oxygen atoms in total. The number of hydrogen-bond donors (Lipinski definition) is 0. The van der Waals surface area contributed by atoms with Gasteiger partial charge in [0.15, 0.2) is 0 Å². The number of hydrogen-bond acceptors (Lipinski definition) is 0. The third-order valence-electron chi connectivity index (χ3n) is 4.19. The van der Waals surface area contributed by atoms with Gasteiger partial charge in [-0.1, -0.05) is 78.9 Å². The molecule has 1 radical (unpaired) electrons. The lowest BCUT2D eigenvalue weighted by Gasteiger charge is -2.11. The van der Waals surface area contributed by atoms with Crippen LogP contribution in [0.25, 0.3) is 33.4 Å². The maximum atomic E-state index is 3.18. The van der Waals surface area contributed by atoms with Crippen LogP contribution in [0.5, 0.6) is 0 Å². The van der Waals surface area contributed by atoms with Crippen molar-refractivity contribution in [2.24, 2.45) is 0 Å². The largest absolute Gasteiger partial charge is 0.0622 e. The molecule has 4 rings (SSSR count). The van der Waals surface area contributed by atoms with Gasteiger partial charge in [-0.15, -0.1) is 0 Å². The second-order valence-corrected chi connectivity index (χ2v) is 5.82. The molecule has 0 fully saturated rings. The monoisotopic (exact) mass is 305 g/mol. The van der Waals surface area contributed by atoms with Gasteiger partial charge in [-0.05, 0) is 63.7 Å². The fourth-order valence-electron chi connectivity index (χ4n) is 2.96. The van der Waals surface area contributed by atoms with Gasteiger partial charge in [0.2, 0.25) is 0 Å². The van der Waals surface area contributed by atoms with Crippen molar-refractivity contribution in [1.82, 2.24) is 0 Å². The molecule has 0 saturated carbocycles. The molecule has 0 aromatic heterocycles. The highest BCUT2D eigenvalue weighted by molar-refractivity contribution is 5.81. The van der Waals surface area contributed by atoms with Crippen LogP contribution in [-0.4, -0.2) is 0 Å².